The molecule has 0 spiro atoms. The van der Waals surface area contributed by atoms with E-state index in [9.17, 15) is 14.7 Å². The molecule has 0 aliphatic rings. The summed E-state index contributed by atoms with van der Waals surface area (Å²) in [7, 11) is 3.01. The first kappa shape index (κ1) is 20.1. The van der Waals surface area contributed by atoms with Gasteiger partial charge in [-0.1, -0.05) is 24.3 Å². The van der Waals surface area contributed by atoms with Gasteiger partial charge >= 0.3 is 5.97 Å². The zero-order valence-corrected chi connectivity index (χ0v) is 15.3. The van der Waals surface area contributed by atoms with Gasteiger partial charge in [-0.3, -0.25) is 9.59 Å². The monoisotopic (exact) mass is 373 g/mol. The number of rotatable bonds is 10. The third-order valence-corrected chi connectivity index (χ3v) is 3.86. The van der Waals surface area contributed by atoms with Crippen LogP contribution in [0.25, 0.3) is 0 Å². The molecule has 0 heterocycles. The van der Waals surface area contributed by atoms with Crippen LogP contribution in [0, 0.1) is 0 Å². The lowest BCUT2D eigenvalue weighted by Gasteiger charge is -2.19. The van der Waals surface area contributed by atoms with E-state index < -0.39 is 12.0 Å². The number of carboxylic acid groups (broad SMARTS) is 1. The molecule has 0 radical (unpaired) electrons. The minimum absolute atomic E-state index is 0.109. The average molecular weight is 373 g/mol. The van der Waals surface area contributed by atoms with Crippen LogP contribution in [-0.2, 0) is 9.59 Å². The fraction of sp³-hybridized carbons (Fsp3) is 0.300. The highest BCUT2D eigenvalue weighted by Crippen LogP contribution is 2.31. The summed E-state index contributed by atoms with van der Waals surface area (Å²) in [5.74, 6) is 0.347. The Hall–Kier alpha value is -3.22. The molecule has 1 atom stereocenters. The molecule has 0 aliphatic carbocycles. The van der Waals surface area contributed by atoms with E-state index >= 15 is 0 Å². The Balaban J connectivity index is 2.01. The fourth-order valence-corrected chi connectivity index (χ4v) is 2.54. The molecule has 2 rings (SSSR count). The minimum atomic E-state index is -1.02. The van der Waals surface area contributed by atoms with Crippen molar-refractivity contribution in [1.82, 2.24) is 5.32 Å². The zero-order valence-electron chi connectivity index (χ0n) is 15.3. The third kappa shape index (κ3) is 6.22. The summed E-state index contributed by atoms with van der Waals surface area (Å²) >= 11 is 0. The van der Waals surface area contributed by atoms with Crippen LogP contribution < -0.4 is 19.5 Å². The number of hydrogen-bond donors (Lipinski definition) is 2. The second-order valence-electron chi connectivity index (χ2n) is 5.74. The number of nitrogens with one attached hydrogen (secondary N) is 1. The van der Waals surface area contributed by atoms with Crippen molar-refractivity contribution in [3.05, 3.63) is 54.1 Å². The lowest BCUT2D eigenvalue weighted by molar-refractivity contribution is -0.137. The van der Waals surface area contributed by atoms with Crippen molar-refractivity contribution in [2.24, 2.45) is 0 Å². The number of ether oxygens (including phenoxy) is 3. The van der Waals surface area contributed by atoms with Gasteiger partial charge in [-0.25, -0.2) is 0 Å². The molecule has 0 saturated carbocycles. The average Bonchev–Trinajstić information content (AvgIpc) is 2.67. The van der Waals surface area contributed by atoms with Gasteiger partial charge in [-0.05, 0) is 29.8 Å². The van der Waals surface area contributed by atoms with Crippen molar-refractivity contribution < 1.29 is 28.9 Å². The highest BCUT2D eigenvalue weighted by molar-refractivity contribution is 5.78. The van der Waals surface area contributed by atoms with Crippen LogP contribution in [0.2, 0.25) is 0 Å². The number of aliphatic carboxylic acids is 1. The second-order valence-corrected chi connectivity index (χ2v) is 5.74. The normalized spacial score (nSPS) is 11.3. The molecule has 2 aromatic carbocycles. The lowest BCUT2D eigenvalue weighted by Crippen LogP contribution is -2.31. The summed E-state index contributed by atoms with van der Waals surface area (Å²) in [6.45, 7) is 0.196. The van der Waals surface area contributed by atoms with Crippen molar-refractivity contribution in [2.45, 2.75) is 18.9 Å². The van der Waals surface area contributed by atoms with E-state index in [1.807, 2.05) is 18.2 Å². The molecule has 7 nitrogen and oxygen atoms in total. The van der Waals surface area contributed by atoms with Gasteiger partial charge in [0.15, 0.2) is 11.5 Å². The van der Waals surface area contributed by atoms with E-state index in [-0.39, 0.29) is 25.4 Å². The van der Waals surface area contributed by atoms with Crippen molar-refractivity contribution in [1.29, 1.82) is 0 Å². The molecule has 2 N–H and O–H groups in total. The van der Waals surface area contributed by atoms with Crippen molar-refractivity contribution in [3.63, 3.8) is 0 Å². The Morgan fingerprint density at radius 2 is 1.74 bits per heavy atom. The molecule has 2 aromatic rings. The number of carboxylic acids is 1. The highest BCUT2D eigenvalue weighted by Gasteiger charge is 2.20. The van der Waals surface area contributed by atoms with E-state index in [0.29, 0.717) is 22.8 Å². The van der Waals surface area contributed by atoms with Gasteiger partial charge in [0.25, 0.3) is 0 Å². The Bertz CT molecular complexity index is 762. The van der Waals surface area contributed by atoms with Gasteiger partial charge in [-0.2, -0.15) is 0 Å². The van der Waals surface area contributed by atoms with Crippen LogP contribution in [-0.4, -0.2) is 37.8 Å². The van der Waals surface area contributed by atoms with Crippen molar-refractivity contribution in [3.8, 4) is 17.2 Å². The molecule has 1 amide bonds. The number of hydrogen-bond acceptors (Lipinski definition) is 5. The maximum absolute atomic E-state index is 12.2. The van der Waals surface area contributed by atoms with E-state index in [0.717, 1.165) is 0 Å². The minimum Gasteiger partial charge on any atom is -0.493 e. The molecule has 0 aliphatic heterocycles. The van der Waals surface area contributed by atoms with Gasteiger partial charge < -0.3 is 24.6 Å². The quantitative estimate of drug-likeness (QED) is 0.665. The molecular formula is C20H23NO6. The molecule has 0 saturated heterocycles. The number of amides is 1. The summed E-state index contributed by atoms with van der Waals surface area (Å²) in [4.78, 5) is 23.4. The SMILES string of the molecule is COc1ccc([C@H](CC(=O)O)NC(=O)CCOc2ccccc2)cc1OC. The lowest BCUT2D eigenvalue weighted by atomic mass is 10.0. The Morgan fingerprint density at radius 1 is 1.04 bits per heavy atom. The summed E-state index contributed by atoms with van der Waals surface area (Å²) in [5, 5.41) is 11.9. The Morgan fingerprint density at radius 3 is 2.37 bits per heavy atom. The summed E-state index contributed by atoms with van der Waals surface area (Å²) in [6, 6.07) is 13.5. The molecule has 0 aromatic heterocycles. The van der Waals surface area contributed by atoms with Gasteiger partial charge in [0.05, 0.1) is 39.7 Å². The van der Waals surface area contributed by atoms with Crippen LogP contribution in [0.3, 0.4) is 0 Å². The summed E-state index contributed by atoms with van der Waals surface area (Å²) in [6.07, 6.45) is -0.140. The number of para-hydroxylation sites is 1. The molecule has 144 valence electrons. The molecule has 0 bridgehead atoms. The zero-order chi connectivity index (χ0) is 19.6. The van der Waals surface area contributed by atoms with Gasteiger partial charge in [-0.15, -0.1) is 0 Å². The molecular weight excluding hydrogens is 350 g/mol. The van der Waals surface area contributed by atoms with Crippen molar-refractivity contribution >= 4 is 11.9 Å². The number of carbonyl (C=O) groups excluding carboxylic acids is 1. The maximum Gasteiger partial charge on any atom is 0.305 e. The molecule has 7 heteroatoms. The van der Waals surface area contributed by atoms with Crippen LogP contribution in [0.4, 0.5) is 0 Å². The van der Waals surface area contributed by atoms with Gasteiger partial charge in [0.2, 0.25) is 5.91 Å². The standard InChI is InChI=1S/C20H23NO6/c1-25-17-9-8-14(12-18(17)26-2)16(13-20(23)24)21-19(22)10-11-27-15-6-4-3-5-7-15/h3-9,12,16H,10-11,13H2,1-2H3,(H,21,22)(H,23,24)/t16-/m0/s1. The summed E-state index contributed by atoms with van der Waals surface area (Å²) in [5.41, 5.74) is 0.618. The molecule has 27 heavy (non-hydrogen) atoms. The Kier molecular flexibility index (Phi) is 7.49. The Labute approximate surface area is 157 Å². The maximum atomic E-state index is 12.2. The van der Waals surface area contributed by atoms with Crippen LogP contribution >= 0.6 is 0 Å². The number of carbonyl (C=O) groups is 2. The topological polar surface area (TPSA) is 94.1 Å². The first-order chi connectivity index (χ1) is 13.0. The van der Waals surface area contributed by atoms with Crippen LogP contribution in [0.5, 0.6) is 17.2 Å². The predicted molar refractivity (Wildman–Crippen MR) is 99.2 cm³/mol. The van der Waals surface area contributed by atoms with E-state index in [1.54, 1.807) is 30.3 Å². The van der Waals surface area contributed by atoms with Crippen LogP contribution in [0.15, 0.2) is 48.5 Å². The fourth-order valence-electron chi connectivity index (χ4n) is 2.54. The second kappa shape index (κ2) is 10.1. The van der Waals surface area contributed by atoms with Gasteiger partial charge in [0, 0.05) is 0 Å². The first-order valence-electron chi connectivity index (χ1n) is 8.44. The predicted octanol–water partition coefficient (Wildman–Crippen LogP) is 2.80. The largest absolute Gasteiger partial charge is 0.493 e. The first-order valence-corrected chi connectivity index (χ1v) is 8.44. The van der Waals surface area contributed by atoms with Gasteiger partial charge in [0.1, 0.15) is 5.75 Å². The highest BCUT2D eigenvalue weighted by atomic mass is 16.5. The number of methoxy groups -OCH3 is 2. The van der Waals surface area contributed by atoms with Crippen LogP contribution in [0.1, 0.15) is 24.4 Å². The molecule has 0 fully saturated rings. The number of benzene rings is 2. The van der Waals surface area contributed by atoms with E-state index in [2.05, 4.69) is 5.32 Å². The molecule has 0 unspecified atom stereocenters. The van der Waals surface area contributed by atoms with Crippen molar-refractivity contribution in [2.75, 3.05) is 20.8 Å². The third-order valence-electron chi connectivity index (χ3n) is 3.86. The smallest absolute Gasteiger partial charge is 0.305 e. The van der Waals surface area contributed by atoms with E-state index in [1.165, 1.54) is 14.2 Å². The van der Waals surface area contributed by atoms with E-state index in [4.69, 9.17) is 14.2 Å². The summed E-state index contributed by atoms with van der Waals surface area (Å²) < 4.78 is 15.9.